The van der Waals surface area contributed by atoms with Crippen LogP contribution in [-0.4, -0.2) is 4.98 Å². The average Bonchev–Trinajstić information content (AvgIpc) is 2.50. The van der Waals surface area contributed by atoms with Crippen molar-refractivity contribution in [2.45, 2.75) is 90.4 Å². The van der Waals surface area contributed by atoms with Gasteiger partial charge in [0.25, 0.3) is 0 Å². The minimum atomic E-state index is 0.667. The molecular formula is C19H33N. The number of hydrogen-bond acceptors (Lipinski definition) is 1. The molecule has 0 aromatic carbocycles. The number of rotatable bonds is 12. The number of pyridine rings is 1. The lowest BCUT2D eigenvalue weighted by Crippen LogP contribution is -1.99. The van der Waals surface area contributed by atoms with Crippen molar-refractivity contribution in [3.63, 3.8) is 0 Å². The first kappa shape index (κ1) is 17.2. The van der Waals surface area contributed by atoms with Crippen LogP contribution in [0.5, 0.6) is 0 Å². The van der Waals surface area contributed by atoms with Crippen LogP contribution in [0, 0.1) is 0 Å². The molecule has 0 saturated heterocycles. The molecule has 1 heterocycles. The molecule has 0 N–H and O–H groups in total. The largest absolute Gasteiger partial charge is 0.261 e. The fraction of sp³-hybridized carbons (Fsp3) is 0.737. The normalized spacial score (nSPS) is 12.5. The topological polar surface area (TPSA) is 12.9 Å². The number of unbranched alkanes of at least 4 members (excludes halogenated alkanes) is 8. The lowest BCUT2D eigenvalue weighted by atomic mass is 9.94. The maximum absolute atomic E-state index is 4.51. The van der Waals surface area contributed by atoms with E-state index in [1.165, 1.54) is 76.3 Å². The maximum Gasteiger partial charge on any atom is 0.0434 e. The molecule has 0 radical (unpaired) electrons. The molecule has 0 saturated carbocycles. The first-order valence-corrected chi connectivity index (χ1v) is 8.79. The van der Waals surface area contributed by atoms with Gasteiger partial charge in [0.15, 0.2) is 0 Å². The number of aromatic nitrogens is 1. The molecule has 1 aromatic heterocycles. The van der Waals surface area contributed by atoms with Crippen LogP contribution in [0.4, 0.5) is 0 Å². The minimum Gasteiger partial charge on any atom is -0.261 e. The van der Waals surface area contributed by atoms with E-state index in [0.717, 1.165) is 0 Å². The Hall–Kier alpha value is -0.850. The molecule has 0 aliphatic rings. The second-order valence-corrected chi connectivity index (χ2v) is 5.98. The lowest BCUT2D eigenvalue weighted by molar-refractivity contribution is 0.514. The molecular weight excluding hydrogens is 242 g/mol. The number of hydrogen-bond donors (Lipinski definition) is 0. The molecule has 1 nitrogen and oxygen atoms in total. The Balaban J connectivity index is 2.02. The fourth-order valence-electron chi connectivity index (χ4n) is 2.88. The van der Waals surface area contributed by atoms with Gasteiger partial charge < -0.3 is 0 Å². The van der Waals surface area contributed by atoms with Gasteiger partial charge in [-0.05, 0) is 25.0 Å². The summed E-state index contributed by atoms with van der Waals surface area (Å²) in [7, 11) is 0. The van der Waals surface area contributed by atoms with Crippen LogP contribution in [0.25, 0.3) is 0 Å². The van der Waals surface area contributed by atoms with E-state index in [2.05, 4.69) is 31.0 Å². The third-order valence-electron chi connectivity index (χ3n) is 4.25. The van der Waals surface area contributed by atoms with Gasteiger partial charge in [0.2, 0.25) is 0 Å². The van der Waals surface area contributed by atoms with Crippen LogP contribution in [-0.2, 0) is 0 Å². The molecule has 1 aromatic rings. The Kier molecular flexibility index (Phi) is 10.3. The summed E-state index contributed by atoms with van der Waals surface area (Å²) in [6.07, 6.45) is 17.2. The van der Waals surface area contributed by atoms with E-state index in [1.54, 1.807) is 0 Å². The van der Waals surface area contributed by atoms with Crippen molar-refractivity contribution in [1.29, 1.82) is 0 Å². The van der Waals surface area contributed by atoms with Gasteiger partial charge in [-0.3, -0.25) is 4.98 Å². The summed E-state index contributed by atoms with van der Waals surface area (Å²) >= 11 is 0. The first-order valence-electron chi connectivity index (χ1n) is 8.79. The van der Waals surface area contributed by atoms with Gasteiger partial charge in [-0.25, -0.2) is 0 Å². The van der Waals surface area contributed by atoms with Crippen molar-refractivity contribution in [2.75, 3.05) is 0 Å². The highest BCUT2D eigenvalue weighted by molar-refractivity contribution is 5.08. The van der Waals surface area contributed by atoms with Crippen LogP contribution < -0.4 is 0 Å². The van der Waals surface area contributed by atoms with Gasteiger partial charge in [-0.2, -0.15) is 0 Å². The Morgan fingerprint density at radius 3 is 2.05 bits per heavy atom. The predicted molar refractivity (Wildman–Crippen MR) is 89.1 cm³/mol. The summed E-state index contributed by atoms with van der Waals surface area (Å²) in [5.74, 6) is 0.667. The predicted octanol–water partition coefficient (Wildman–Crippen LogP) is 6.50. The Bertz CT molecular complexity index is 307. The zero-order chi connectivity index (χ0) is 14.5. The van der Waals surface area contributed by atoms with E-state index in [0.29, 0.717) is 5.92 Å². The zero-order valence-electron chi connectivity index (χ0n) is 13.6. The molecule has 0 spiro atoms. The third kappa shape index (κ3) is 7.67. The van der Waals surface area contributed by atoms with Gasteiger partial charge in [0.1, 0.15) is 0 Å². The van der Waals surface area contributed by atoms with Crippen LogP contribution in [0.1, 0.15) is 96.1 Å². The van der Waals surface area contributed by atoms with Crippen molar-refractivity contribution < 1.29 is 0 Å². The number of nitrogens with zero attached hydrogens (tertiary/aromatic N) is 1. The highest BCUT2D eigenvalue weighted by Gasteiger charge is 2.09. The summed E-state index contributed by atoms with van der Waals surface area (Å²) in [6, 6.07) is 6.30. The minimum absolute atomic E-state index is 0.667. The molecule has 1 heteroatoms. The van der Waals surface area contributed by atoms with Gasteiger partial charge in [0.05, 0.1) is 0 Å². The van der Waals surface area contributed by atoms with Crippen molar-refractivity contribution in [3.05, 3.63) is 30.1 Å². The van der Waals surface area contributed by atoms with E-state index in [1.807, 2.05) is 12.3 Å². The Morgan fingerprint density at radius 2 is 1.50 bits per heavy atom. The van der Waals surface area contributed by atoms with E-state index < -0.39 is 0 Å². The zero-order valence-corrected chi connectivity index (χ0v) is 13.6. The molecule has 1 rings (SSSR count). The van der Waals surface area contributed by atoms with Crippen molar-refractivity contribution in [3.8, 4) is 0 Å². The van der Waals surface area contributed by atoms with E-state index in [-0.39, 0.29) is 0 Å². The quantitative estimate of drug-likeness (QED) is 0.397. The van der Waals surface area contributed by atoms with Gasteiger partial charge in [-0.15, -0.1) is 0 Å². The Morgan fingerprint density at radius 1 is 0.850 bits per heavy atom. The molecule has 0 aliphatic heterocycles. The highest BCUT2D eigenvalue weighted by Crippen LogP contribution is 2.24. The maximum atomic E-state index is 4.51. The fourth-order valence-corrected chi connectivity index (χ4v) is 2.88. The molecule has 1 atom stereocenters. The van der Waals surface area contributed by atoms with Crippen LogP contribution in [0.2, 0.25) is 0 Å². The Labute approximate surface area is 126 Å². The lowest BCUT2D eigenvalue weighted by Gasteiger charge is -2.13. The van der Waals surface area contributed by atoms with E-state index in [4.69, 9.17) is 0 Å². The molecule has 20 heavy (non-hydrogen) atoms. The molecule has 1 unspecified atom stereocenters. The SMILES string of the molecule is CCCCCCCCCCCC(CC)c1ccccn1. The summed E-state index contributed by atoms with van der Waals surface area (Å²) in [4.78, 5) is 4.51. The summed E-state index contributed by atoms with van der Waals surface area (Å²) in [5.41, 5.74) is 1.29. The standard InChI is InChI=1S/C19H33N/c1-3-5-6-7-8-9-10-11-12-15-18(4-2)19-16-13-14-17-20-19/h13-14,16-18H,3-12,15H2,1-2H3. The van der Waals surface area contributed by atoms with Crippen LogP contribution in [0.3, 0.4) is 0 Å². The molecule has 114 valence electrons. The van der Waals surface area contributed by atoms with Gasteiger partial charge in [-0.1, -0.05) is 77.7 Å². The smallest absolute Gasteiger partial charge is 0.0434 e. The third-order valence-corrected chi connectivity index (χ3v) is 4.25. The monoisotopic (exact) mass is 275 g/mol. The van der Waals surface area contributed by atoms with Crippen molar-refractivity contribution >= 4 is 0 Å². The summed E-state index contributed by atoms with van der Waals surface area (Å²) < 4.78 is 0. The first-order chi connectivity index (χ1) is 9.88. The van der Waals surface area contributed by atoms with Crippen LogP contribution in [0.15, 0.2) is 24.4 Å². The molecule has 0 aliphatic carbocycles. The highest BCUT2D eigenvalue weighted by atomic mass is 14.7. The summed E-state index contributed by atoms with van der Waals surface area (Å²) in [6.45, 7) is 4.57. The molecule has 0 fully saturated rings. The second kappa shape index (κ2) is 11.9. The molecule has 0 amide bonds. The van der Waals surface area contributed by atoms with Crippen molar-refractivity contribution in [2.24, 2.45) is 0 Å². The average molecular weight is 275 g/mol. The van der Waals surface area contributed by atoms with Gasteiger partial charge in [0, 0.05) is 17.8 Å². The molecule has 0 bridgehead atoms. The van der Waals surface area contributed by atoms with E-state index >= 15 is 0 Å². The van der Waals surface area contributed by atoms with Crippen LogP contribution >= 0.6 is 0 Å². The van der Waals surface area contributed by atoms with E-state index in [9.17, 15) is 0 Å². The van der Waals surface area contributed by atoms with Gasteiger partial charge >= 0.3 is 0 Å². The summed E-state index contributed by atoms with van der Waals surface area (Å²) in [5, 5.41) is 0. The van der Waals surface area contributed by atoms with Crippen molar-refractivity contribution in [1.82, 2.24) is 4.98 Å². The second-order valence-electron chi connectivity index (χ2n) is 5.98.